The number of amides is 1. The van der Waals surface area contributed by atoms with Crippen molar-refractivity contribution in [2.24, 2.45) is 0 Å². The molecule has 0 unspecified atom stereocenters. The zero-order valence-corrected chi connectivity index (χ0v) is 9.16. The third-order valence-corrected chi connectivity index (χ3v) is 2.27. The summed E-state index contributed by atoms with van der Waals surface area (Å²) in [6.07, 6.45) is 0.883. The Morgan fingerprint density at radius 2 is 2.00 bits per heavy atom. The molecule has 0 aliphatic rings. The Balaban J connectivity index is 2.88. The van der Waals surface area contributed by atoms with E-state index >= 15 is 0 Å². The molecule has 0 aliphatic heterocycles. The summed E-state index contributed by atoms with van der Waals surface area (Å²) in [6, 6.07) is 6.10. The van der Waals surface area contributed by atoms with Gasteiger partial charge in [0.05, 0.1) is 5.56 Å². The molecule has 2 nitrogen and oxygen atoms in total. The van der Waals surface area contributed by atoms with Gasteiger partial charge in [0.2, 0.25) is 0 Å². The lowest BCUT2D eigenvalue weighted by atomic mass is 10.2. The fourth-order valence-corrected chi connectivity index (χ4v) is 1.48. The lowest BCUT2D eigenvalue weighted by Crippen LogP contribution is -2.32. The van der Waals surface area contributed by atoms with E-state index < -0.39 is 5.82 Å². The van der Waals surface area contributed by atoms with E-state index in [1.54, 1.807) is 17.0 Å². The normalized spacial score (nSPS) is 10.1. The maximum absolute atomic E-state index is 13.3. The summed E-state index contributed by atoms with van der Waals surface area (Å²) in [5.41, 5.74) is 0.160. The van der Waals surface area contributed by atoms with Crippen LogP contribution in [0.2, 0.25) is 0 Å². The molecular formula is C12H16FNO. The molecule has 1 aromatic carbocycles. The van der Waals surface area contributed by atoms with Crippen LogP contribution in [-0.4, -0.2) is 23.9 Å². The molecule has 0 fully saturated rings. The van der Waals surface area contributed by atoms with Crippen LogP contribution in [0.1, 0.15) is 30.6 Å². The Bertz CT molecular complexity index is 338. The molecule has 0 heterocycles. The van der Waals surface area contributed by atoms with E-state index in [9.17, 15) is 9.18 Å². The molecule has 3 heteroatoms. The van der Waals surface area contributed by atoms with Gasteiger partial charge in [-0.1, -0.05) is 19.1 Å². The van der Waals surface area contributed by atoms with E-state index in [0.717, 1.165) is 6.42 Å². The summed E-state index contributed by atoms with van der Waals surface area (Å²) in [6.45, 7) is 5.18. The highest BCUT2D eigenvalue weighted by Crippen LogP contribution is 2.10. The minimum absolute atomic E-state index is 0.160. The molecular weight excluding hydrogens is 193 g/mol. The monoisotopic (exact) mass is 209 g/mol. The molecule has 0 N–H and O–H groups in total. The molecule has 0 radical (unpaired) electrons. The highest BCUT2D eigenvalue weighted by Gasteiger charge is 2.16. The number of rotatable bonds is 4. The first kappa shape index (κ1) is 11.7. The van der Waals surface area contributed by atoms with Crippen molar-refractivity contribution in [3.8, 4) is 0 Å². The SMILES string of the molecule is CCCN(CC)C(=O)c1ccccc1F. The van der Waals surface area contributed by atoms with E-state index in [4.69, 9.17) is 0 Å². The summed E-state index contributed by atoms with van der Waals surface area (Å²) in [5.74, 6) is -0.672. The largest absolute Gasteiger partial charge is 0.339 e. The third-order valence-electron chi connectivity index (χ3n) is 2.27. The number of carbonyl (C=O) groups excluding carboxylic acids is 1. The Morgan fingerprint density at radius 3 is 2.53 bits per heavy atom. The quantitative estimate of drug-likeness (QED) is 0.746. The van der Waals surface area contributed by atoms with Gasteiger partial charge in [-0.05, 0) is 25.5 Å². The smallest absolute Gasteiger partial charge is 0.256 e. The number of nitrogens with zero attached hydrogens (tertiary/aromatic N) is 1. The van der Waals surface area contributed by atoms with Crippen LogP contribution in [0, 0.1) is 5.82 Å². The summed E-state index contributed by atoms with van der Waals surface area (Å²) in [7, 11) is 0. The van der Waals surface area contributed by atoms with Crippen LogP contribution < -0.4 is 0 Å². The molecule has 1 rings (SSSR count). The van der Waals surface area contributed by atoms with Gasteiger partial charge in [-0.25, -0.2) is 4.39 Å². The minimum atomic E-state index is -0.447. The Morgan fingerprint density at radius 1 is 1.33 bits per heavy atom. The van der Waals surface area contributed by atoms with Gasteiger partial charge in [0.25, 0.3) is 5.91 Å². The molecule has 0 aromatic heterocycles. The molecule has 0 saturated carbocycles. The van der Waals surface area contributed by atoms with Crippen LogP contribution >= 0.6 is 0 Å². The van der Waals surface area contributed by atoms with Crippen LogP contribution in [0.5, 0.6) is 0 Å². The van der Waals surface area contributed by atoms with Crippen molar-refractivity contribution in [2.45, 2.75) is 20.3 Å². The van der Waals surface area contributed by atoms with Gasteiger partial charge in [-0.15, -0.1) is 0 Å². The van der Waals surface area contributed by atoms with E-state index in [1.165, 1.54) is 12.1 Å². The van der Waals surface area contributed by atoms with Gasteiger partial charge >= 0.3 is 0 Å². The summed E-state index contributed by atoms with van der Waals surface area (Å²) in [5, 5.41) is 0. The first-order valence-corrected chi connectivity index (χ1v) is 5.24. The topological polar surface area (TPSA) is 20.3 Å². The predicted molar refractivity (Wildman–Crippen MR) is 58.3 cm³/mol. The highest BCUT2D eigenvalue weighted by atomic mass is 19.1. The van der Waals surface area contributed by atoms with Gasteiger partial charge in [0.1, 0.15) is 5.82 Å². The second kappa shape index (κ2) is 5.49. The van der Waals surface area contributed by atoms with Crippen LogP contribution in [0.4, 0.5) is 4.39 Å². The Kier molecular flexibility index (Phi) is 4.28. The van der Waals surface area contributed by atoms with Crippen molar-refractivity contribution >= 4 is 5.91 Å². The lowest BCUT2D eigenvalue weighted by Gasteiger charge is -2.20. The second-order valence-corrected chi connectivity index (χ2v) is 3.36. The average molecular weight is 209 g/mol. The first-order valence-electron chi connectivity index (χ1n) is 5.24. The number of halogens is 1. The number of hydrogen-bond donors (Lipinski definition) is 0. The van der Waals surface area contributed by atoms with E-state index in [-0.39, 0.29) is 11.5 Å². The van der Waals surface area contributed by atoms with Crippen molar-refractivity contribution in [1.29, 1.82) is 0 Å². The summed E-state index contributed by atoms with van der Waals surface area (Å²) < 4.78 is 13.3. The van der Waals surface area contributed by atoms with E-state index in [0.29, 0.717) is 13.1 Å². The van der Waals surface area contributed by atoms with Crippen LogP contribution in [0.15, 0.2) is 24.3 Å². The van der Waals surface area contributed by atoms with Gasteiger partial charge < -0.3 is 4.90 Å². The van der Waals surface area contributed by atoms with Crippen molar-refractivity contribution < 1.29 is 9.18 Å². The van der Waals surface area contributed by atoms with Crippen molar-refractivity contribution in [2.75, 3.05) is 13.1 Å². The number of carbonyl (C=O) groups is 1. The Labute approximate surface area is 89.7 Å². The van der Waals surface area contributed by atoms with Crippen molar-refractivity contribution in [3.63, 3.8) is 0 Å². The Hall–Kier alpha value is -1.38. The summed E-state index contributed by atoms with van der Waals surface area (Å²) >= 11 is 0. The maximum Gasteiger partial charge on any atom is 0.256 e. The second-order valence-electron chi connectivity index (χ2n) is 3.36. The molecule has 0 spiro atoms. The molecule has 1 aromatic rings. The summed E-state index contributed by atoms with van der Waals surface area (Å²) in [4.78, 5) is 13.5. The number of benzene rings is 1. The van der Waals surface area contributed by atoms with Gasteiger partial charge in [0, 0.05) is 13.1 Å². The molecule has 0 saturated heterocycles. The van der Waals surface area contributed by atoms with Crippen LogP contribution in [0.3, 0.4) is 0 Å². The van der Waals surface area contributed by atoms with Gasteiger partial charge in [0.15, 0.2) is 0 Å². The fraction of sp³-hybridized carbons (Fsp3) is 0.417. The molecule has 0 bridgehead atoms. The predicted octanol–water partition coefficient (Wildman–Crippen LogP) is 2.70. The highest BCUT2D eigenvalue weighted by molar-refractivity contribution is 5.94. The molecule has 15 heavy (non-hydrogen) atoms. The first-order chi connectivity index (χ1) is 7.20. The van der Waals surface area contributed by atoms with E-state index in [1.807, 2.05) is 13.8 Å². The third kappa shape index (κ3) is 2.78. The van der Waals surface area contributed by atoms with Gasteiger partial charge in [-0.2, -0.15) is 0 Å². The van der Waals surface area contributed by atoms with Crippen molar-refractivity contribution in [3.05, 3.63) is 35.6 Å². The fourth-order valence-electron chi connectivity index (χ4n) is 1.48. The molecule has 82 valence electrons. The standard InChI is InChI=1S/C12H16FNO/c1-3-9-14(4-2)12(15)10-7-5-6-8-11(10)13/h5-8H,3-4,9H2,1-2H3. The zero-order chi connectivity index (χ0) is 11.3. The van der Waals surface area contributed by atoms with Crippen molar-refractivity contribution in [1.82, 2.24) is 4.90 Å². The van der Waals surface area contributed by atoms with Crippen LogP contribution in [0.25, 0.3) is 0 Å². The van der Waals surface area contributed by atoms with E-state index in [2.05, 4.69) is 0 Å². The van der Waals surface area contributed by atoms with Crippen LogP contribution in [-0.2, 0) is 0 Å². The maximum atomic E-state index is 13.3. The average Bonchev–Trinajstić information content (AvgIpc) is 2.25. The molecule has 1 amide bonds. The number of hydrogen-bond acceptors (Lipinski definition) is 1. The molecule has 0 aliphatic carbocycles. The molecule has 0 atom stereocenters. The lowest BCUT2D eigenvalue weighted by molar-refractivity contribution is 0.0760. The van der Waals surface area contributed by atoms with Gasteiger partial charge in [-0.3, -0.25) is 4.79 Å². The zero-order valence-electron chi connectivity index (χ0n) is 9.16. The minimum Gasteiger partial charge on any atom is -0.339 e.